The number of benzene rings is 3. The topological polar surface area (TPSA) is 49.9 Å². The highest BCUT2D eigenvalue weighted by atomic mass is 16.5. The molecule has 5 nitrogen and oxygen atoms in total. The van der Waals surface area contributed by atoms with Crippen molar-refractivity contribution < 1.29 is 14.3 Å². The summed E-state index contributed by atoms with van der Waals surface area (Å²) in [6.07, 6.45) is 1.72. The third kappa shape index (κ3) is 3.09. The van der Waals surface area contributed by atoms with Crippen molar-refractivity contribution in [1.29, 1.82) is 0 Å². The number of ether oxygens (including phenoxy) is 1. The lowest BCUT2D eigenvalue weighted by molar-refractivity contribution is -0.120. The summed E-state index contributed by atoms with van der Waals surface area (Å²) in [7, 11) is 1.58. The predicted molar refractivity (Wildman–Crippen MR) is 126 cm³/mol. The zero-order valence-corrected chi connectivity index (χ0v) is 18.2. The van der Waals surface area contributed by atoms with Crippen molar-refractivity contribution in [2.45, 2.75) is 19.8 Å². The number of anilines is 2. The van der Waals surface area contributed by atoms with Gasteiger partial charge in [0, 0.05) is 17.8 Å². The Morgan fingerprint density at radius 1 is 0.875 bits per heavy atom. The molecule has 2 heterocycles. The van der Waals surface area contributed by atoms with Gasteiger partial charge in [-0.3, -0.25) is 9.59 Å². The first kappa shape index (κ1) is 20.1. The summed E-state index contributed by atoms with van der Waals surface area (Å²) in [4.78, 5) is 30.9. The zero-order chi connectivity index (χ0) is 22.2. The van der Waals surface area contributed by atoms with E-state index in [1.807, 2.05) is 71.6 Å². The Bertz CT molecular complexity index is 1240. The Hall–Kier alpha value is -3.86. The summed E-state index contributed by atoms with van der Waals surface area (Å²) in [5.41, 5.74) is 5.28. The quantitative estimate of drug-likeness (QED) is 0.562. The molecule has 3 aromatic rings. The van der Waals surface area contributed by atoms with E-state index in [1.165, 1.54) is 10.5 Å². The summed E-state index contributed by atoms with van der Waals surface area (Å²) in [6.45, 7) is 2.72. The fourth-order valence-electron chi connectivity index (χ4n) is 4.55. The molecule has 0 saturated heterocycles. The first-order valence-corrected chi connectivity index (χ1v) is 10.8. The molecule has 0 aromatic heterocycles. The zero-order valence-electron chi connectivity index (χ0n) is 18.2. The molecule has 0 spiro atoms. The van der Waals surface area contributed by atoms with Crippen LogP contribution < -0.4 is 14.5 Å². The molecule has 0 aliphatic carbocycles. The second-order valence-electron chi connectivity index (χ2n) is 7.92. The number of hydrogen-bond acceptors (Lipinski definition) is 4. The molecule has 0 radical (unpaired) electrons. The second-order valence-corrected chi connectivity index (χ2v) is 7.92. The van der Waals surface area contributed by atoms with E-state index in [2.05, 4.69) is 13.0 Å². The molecule has 2 amide bonds. The van der Waals surface area contributed by atoms with Crippen molar-refractivity contribution in [2.75, 3.05) is 23.5 Å². The minimum Gasteiger partial charge on any atom is -0.496 e. The van der Waals surface area contributed by atoms with Crippen molar-refractivity contribution in [1.82, 2.24) is 0 Å². The Morgan fingerprint density at radius 3 is 2.34 bits per heavy atom. The van der Waals surface area contributed by atoms with Crippen LogP contribution in [0.5, 0.6) is 5.75 Å². The SMILES string of the molecule is CCc1ccc(N2C(=O)C(c3ccccc3OC)=C(N3CCc4ccccc43)C2=O)cc1. The third-order valence-electron chi connectivity index (χ3n) is 6.20. The van der Waals surface area contributed by atoms with Gasteiger partial charge in [-0.2, -0.15) is 0 Å². The highest BCUT2D eigenvalue weighted by Crippen LogP contribution is 2.42. The Morgan fingerprint density at radius 2 is 1.59 bits per heavy atom. The summed E-state index contributed by atoms with van der Waals surface area (Å²) in [5.74, 6) is -0.0724. The van der Waals surface area contributed by atoms with Crippen LogP contribution in [-0.2, 0) is 22.4 Å². The lowest BCUT2D eigenvalue weighted by Gasteiger charge is -2.22. The number of fused-ring (bicyclic) bond motifs is 1. The van der Waals surface area contributed by atoms with E-state index in [0.717, 1.165) is 24.1 Å². The number of aryl methyl sites for hydroxylation is 1. The summed E-state index contributed by atoms with van der Waals surface area (Å²) < 4.78 is 5.56. The molecule has 2 aliphatic rings. The van der Waals surface area contributed by atoms with Gasteiger partial charge in [-0.25, -0.2) is 4.90 Å². The van der Waals surface area contributed by atoms with Gasteiger partial charge in [0.25, 0.3) is 11.8 Å². The standard InChI is InChI=1S/C27H24N2O3/c1-3-18-12-14-20(15-13-18)29-26(30)24(21-9-5-7-11-23(21)32-2)25(27(29)31)28-17-16-19-8-4-6-10-22(19)28/h4-15H,3,16-17H2,1-2H3. The maximum atomic E-state index is 13.8. The van der Waals surface area contributed by atoms with Gasteiger partial charge in [-0.05, 0) is 48.2 Å². The highest BCUT2D eigenvalue weighted by molar-refractivity contribution is 6.46. The van der Waals surface area contributed by atoms with Gasteiger partial charge in [0.1, 0.15) is 11.4 Å². The number of carbonyl (C=O) groups excluding carboxylic acids is 2. The van der Waals surface area contributed by atoms with E-state index in [4.69, 9.17) is 4.74 Å². The molecule has 5 heteroatoms. The van der Waals surface area contributed by atoms with E-state index < -0.39 is 0 Å². The van der Waals surface area contributed by atoms with E-state index in [9.17, 15) is 9.59 Å². The molecular formula is C27H24N2O3. The molecule has 0 saturated carbocycles. The van der Waals surface area contributed by atoms with Gasteiger partial charge in [0.05, 0.1) is 18.4 Å². The van der Waals surface area contributed by atoms with Crippen LogP contribution in [-0.4, -0.2) is 25.5 Å². The van der Waals surface area contributed by atoms with Crippen LogP contribution in [0, 0.1) is 0 Å². The third-order valence-corrected chi connectivity index (χ3v) is 6.20. The molecule has 5 rings (SSSR count). The van der Waals surface area contributed by atoms with Crippen molar-refractivity contribution in [3.63, 3.8) is 0 Å². The normalized spacial score (nSPS) is 15.6. The molecule has 0 fully saturated rings. The maximum Gasteiger partial charge on any atom is 0.282 e. The molecule has 0 bridgehead atoms. The highest BCUT2D eigenvalue weighted by Gasteiger charge is 2.44. The van der Waals surface area contributed by atoms with Gasteiger partial charge in [-0.1, -0.05) is 55.5 Å². The van der Waals surface area contributed by atoms with Crippen LogP contribution in [0.1, 0.15) is 23.6 Å². The largest absolute Gasteiger partial charge is 0.496 e. The summed E-state index contributed by atoms with van der Waals surface area (Å²) in [5, 5.41) is 0. The minimum absolute atomic E-state index is 0.308. The smallest absolute Gasteiger partial charge is 0.282 e. The number of nitrogens with zero attached hydrogens (tertiary/aromatic N) is 2. The first-order chi connectivity index (χ1) is 15.6. The molecule has 160 valence electrons. The molecular weight excluding hydrogens is 400 g/mol. The number of rotatable bonds is 5. The molecule has 32 heavy (non-hydrogen) atoms. The van der Waals surface area contributed by atoms with E-state index in [1.54, 1.807) is 7.11 Å². The molecule has 0 atom stereocenters. The predicted octanol–water partition coefficient (Wildman–Crippen LogP) is 4.60. The van der Waals surface area contributed by atoms with Crippen LogP contribution in [0.2, 0.25) is 0 Å². The average molecular weight is 425 g/mol. The Balaban J connectivity index is 1.69. The van der Waals surface area contributed by atoms with Crippen molar-refractivity contribution >= 4 is 28.8 Å². The second kappa shape index (κ2) is 8.00. The molecule has 2 aliphatic heterocycles. The van der Waals surface area contributed by atoms with Gasteiger partial charge >= 0.3 is 0 Å². The Kier molecular flexibility index (Phi) is 5.02. The molecule has 0 N–H and O–H groups in total. The summed E-state index contributed by atoms with van der Waals surface area (Å²) >= 11 is 0. The number of carbonyl (C=O) groups is 2. The van der Waals surface area contributed by atoms with Crippen LogP contribution >= 0.6 is 0 Å². The fourth-order valence-corrected chi connectivity index (χ4v) is 4.55. The van der Waals surface area contributed by atoms with Crippen molar-refractivity contribution in [3.8, 4) is 5.75 Å². The molecule has 3 aromatic carbocycles. The Labute approximate surface area is 187 Å². The number of para-hydroxylation sites is 2. The van der Waals surface area contributed by atoms with Crippen LogP contribution in [0.15, 0.2) is 78.5 Å². The average Bonchev–Trinajstić information content (AvgIpc) is 3.37. The van der Waals surface area contributed by atoms with Crippen LogP contribution in [0.3, 0.4) is 0 Å². The van der Waals surface area contributed by atoms with Crippen LogP contribution in [0.25, 0.3) is 5.57 Å². The lowest BCUT2D eigenvalue weighted by atomic mass is 10.0. The summed E-state index contributed by atoms with van der Waals surface area (Å²) in [6, 6.07) is 23.0. The number of hydrogen-bond donors (Lipinski definition) is 0. The van der Waals surface area contributed by atoms with E-state index in [-0.39, 0.29) is 11.8 Å². The van der Waals surface area contributed by atoms with E-state index >= 15 is 0 Å². The number of amides is 2. The van der Waals surface area contributed by atoms with Gasteiger partial charge < -0.3 is 9.64 Å². The van der Waals surface area contributed by atoms with Crippen molar-refractivity contribution in [2.24, 2.45) is 0 Å². The first-order valence-electron chi connectivity index (χ1n) is 10.8. The molecule has 0 unspecified atom stereocenters. The van der Waals surface area contributed by atoms with Gasteiger partial charge in [0.15, 0.2) is 0 Å². The lowest BCUT2D eigenvalue weighted by Crippen LogP contribution is -2.34. The minimum atomic E-state index is -0.330. The van der Waals surface area contributed by atoms with E-state index in [0.29, 0.717) is 34.8 Å². The number of methoxy groups -OCH3 is 1. The monoisotopic (exact) mass is 424 g/mol. The maximum absolute atomic E-state index is 13.8. The van der Waals surface area contributed by atoms with Gasteiger partial charge in [-0.15, -0.1) is 0 Å². The van der Waals surface area contributed by atoms with Gasteiger partial charge in [0.2, 0.25) is 0 Å². The number of imide groups is 1. The fraction of sp³-hybridized carbons (Fsp3) is 0.185. The van der Waals surface area contributed by atoms with Crippen LogP contribution in [0.4, 0.5) is 11.4 Å². The van der Waals surface area contributed by atoms with Crippen molar-refractivity contribution in [3.05, 3.63) is 95.2 Å².